The Morgan fingerprint density at radius 1 is 1.00 bits per heavy atom. The van der Waals surface area contributed by atoms with Gasteiger partial charge in [0, 0.05) is 30.3 Å². The molecular weight excluding hydrogens is 384 g/mol. The fraction of sp³-hybridized carbons (Fsp3) is 0.304. The summed E-state index contributed by atoms with van der Waals surface area (Å²) in [5, 5.41) is 9.82. The van der Waals surface area contributed by atoms with Gasteiger partial charge in [-0.25, -0.2) is 18.7 Å². The highest BCUT2D eigenvalue weighted by Gasteiger charge is 2.32. The summed E-state index contributed by atoms with van der Waals surface area (Å²) >= 11 is 0. The van der Waals surface area contributed by atoms with Crippen LogP contribution in [0.1, 0.15) is 36.2 Å². The molecule has 0 radical (unpaired) electrons. The normalized spacial score (nSPS) is 17.4. The molecule has 0 amide bonds. The van der Waals surface area contributed by atoms with E-state index in [1.807, 2.05) is 26.0 Å². The van der Waals surface area contributed by atoms with E-state index < -0.39 is 0 Å². The first-order chi connectivity index (χ1) is 14.4. The van der Waals surface area contributed by atoms with E-state index in [0.717, 1.165) is 23.2 Å². The average molecular weight is 409 g/mol. The third-order valence-electron chi connectivity index (χ3n) is 5.48. The van der Waals surface area contributed by atoms with Crippen molar-refractivity contribution < 1.29 is 8.78 Å². The standard InChI is InChI=1S/C23H25F2N5/c1-13-4-9-19(25)23-22(13)18(14(2)27-23)10-11-26-20-12-21(29-15(3)28-20)30-17-7-5-16(24)6-8-17/h4-9,12,14,18,27H,10-11H2,1-3H3,(H2,26,28,29,30). The molecule has 2 aromatic carbocycles. The van der Waals surface area contributed by atoms with Crippen LogP contribution in [0, 0.1) is 25.5 Å². The third-order valence-corrected chi connectivity index (χ3v) is 5.48. The van der Waals surface area contributed by atoms with E-state index >= 15 is 0 Å². The van der Waals surface area contributed by atoms with Crippen LogP contribution in [0.15, 0.2) is 42.5 Å². The van der Waals surface area contributed by atoms with Gasteiger partial charge in [0.05, 0.1) is 5.69 Å². The molecule has 2 unspecified atom stereocenters. The number of rotatable bonds is 6. The predicted octanol–water partition coefficient (Wildman–Crippen LogP) is 5.52. The molecule has 3 N–H and O–H groups in total. The van der Waals surface area contributed by atoms with Gasteiger partial charge in [0.25, 0.3) is 0 Å². The van der Waals surface area contributed by atoms with Crippen molar-refractivity contribution in [3.8, 4) is 0 Å². The second-order valence-corrected chi connectivity index (χ2v) is 7.73. The quantitative estimate of drug-likeness (QED) is 0.501. The van der Waals surface area contributed by atoms with E-state index in [1.165, 1.54) is 18.2 Å². The van der Waals surface area contributed by atoms with Crippen molar-refractivity contribution in [3.05, 3.63) is 71.1 Å². The van der Waals surface area contributed by atoms with Crippen LogP contribution < -0.4 is 16.0 Å². The molecule has 7 heteroatoms. The van der Waals surface area contributed by atoms with E-state index in [2.05, 4.69) is 32.8 Å². The Hall–Kier alpha value is -3.22. The topological polar surface area (TPSA) is 61.9 Å². The Bertz CT molecular complexity index is 1050. The number of aromatic nitrogens is 2. The molecule has 0 saturated heterocycles. The van der Waals surface area contributed by atoms with Gasteiger partial charge < -0.3 is 16.0 Å². The van der Waals surface area contributed by atoms with Gasteiger partial charge in [-0.3, -0.25) is 0 Å². The highest BCUT2D eigenvalue weighted by atomic mass is 19.1. The van der Waals surface area contributed by atoms with Crippen LogP contribution in [0.2, 0.25) is 0 Å². The van der Waals surface area contributed by atoms with Crippen LogP contribution in [0.3, 0.4) is 0 Å². The fourth-order valence-corrected chi connectivity index (χ4v) is 4.05. The van der Waals surface area contributed by atoms with Gasteiger partial charge in [0.2, 0.25) is 0 Å². The molecule has 3 aromatic rings. The Morgan fingerprint density at radius 3 is 2.50 bits per heavy atom. The molecule has 30 heavy (non-hydrogen) atoms. The first-order valence-electron chi connectivity index (χ1n) is 10.1. The van der Waals surface area contributed by atoms with Gasteiger partial charge in [-0.2, -0.15) is 0 Å². The van der Waals surface area contributed by atoms with Crippen LogP contribution in [0.4, 0.5) is 31.8 Å². The van der Waals surface area contributed by atoms with Crippen LogP contribution in [0.5, 0.6) is 0 Å². The second kappa shape index (κ2) is 8.26. The summed E-state index contributed by atoms with van der Waals surface area (Å²) in [6.07, 6.45) is 0.842. The number of nitrogens with one attached hydrogen (secondary N) is 3. The lowest BCUT2D eigenvalue weighted by atomic mass is 9.89. The van der Waals surface area contributed by atoms with E-state index in [4.69, 9.17) is 0 Å². The summed E-state index contributed by atoms with van der Waals surface area (Å²) in [5.74, 6) is 1.72. The first-order valence-corrected chi connectivity index (χ1v) is 10.1. The zero-order valence-electron chi connectivity index (χ0n) is 17.3. The fourth-order valence-electron chi connectivity index (χ4n) is 4.05. The van der Waals surface area contributed by atoms with E-state index in [0.29, 0.717) is 29.7 Å². The number of hydrogen-bond donors (Lipinski definition) is 3. The lowest BCUT2D eigenvalue weighted by Crippen LogP contribution is -2.19. The molecule has 2 atom stereocenters. The monoisotopic (exact) mass is 409 g/mol. The zero-order chi connectivity index (χ0) is 21.3. The molecule has 1 aliphatic heterocycles. The number of halogens is 2. The van der Waals surface area contributed by atoms with Crippen molar-refractivity contribution >= 4 is 23.0 Å². The molecule has 156 valence electrons. The largest absolute Gasteiger partial charge is 0.379 e. The first kappa shape index (κ1) is 20.1. The van der Waals surface area contributed by atoms with Crippen LogP contribution >= 0.6 is 0 Å². The third kappa shape index (κ3) is 4.20. The molecule has 0 bridgehead atoms. The van der Waals surface area contributed by atoms with Gasteiger partial charge in [0.15, 0.2) is 0 Å². The molecule has 0 aliphatic carbocycles. The van der Waals surface area contributed by atoms with Gasteiger partial charge in [0.1, 0.15) is 29.1 Å². The van der Waals surface area contributed by atoms with E-state index in [-0.39, 0.29) is 23.6 Å². The van der Waals surface area contributed by atoms with Crippen molar-refractivity contribution in [1.82, 2.24) is 9.97 Å². The lowest BCUT2D eigenvalue weighted by molar-refractivity contribution is 0.596. The molecule has 1 aromatic heterocycles. The number of nitrogens with zero attached hydrogens (tertiary/aromatic N) is 2. The van der Waals surface area contributed by atoms with Crippen molar-refractivity contribution in [2.45, 2.75) is 39.2 Å². The van der Waals surface area contributed by atoms with Crippen molar-refractivity contribution in [2.75, 3.05) is 22.5 Å². The molecule has 0 spiro atoms. The number of anilines is 4. The Labute approximate surface area is 175 Å². The summed E-state index contributed by atoms with van der Waals surface area (Å²) in [6.45, 7) is 6.63. The van der Waals surface area contributed by atoms with Crippen LogP contribution in [-0.4, -0.2) is 22.6 Å². The van der Waals surface area contributed by atoms with Crippen molar-refractivity contribution in [2.24, 2.45) is 0 Å². The number of benzene rings is 2. The summed E-state index contributed by atoms with van der Waals surface area (Å²) < 4.78 is 27.3. The average Bonchev–Trinajstić information content (AvgIpc) is 3.04. The highest BCUT2D eigenvalue weighted by molar-refractivity contribution is 5.63. The SMILES string of the molecule is Cc1nc(NCCC2c3c(C)ccc(F)c3NC2C)cc(Nc2ccc(F)cc2)n1. The maximum atomic E-state index is 14.2. The minimum atomic E-state index is -0.283. The maximum absolute atomic E-state index is 14.2. The number of fused-ring (bicyclic) bond motifs is 1. The molecule has 2 heterocycles. The van der Waals surface area contributed by atoms with Gasteiger partial charge in [-0.05, 0) is 68.7 Å². The summed E-state index contributed by atoms with van der Waals surface area (Å²) in [4.78, 5) is 8.84. The molecule has 4 rings (SSSR count). The number of hydrogen-bond acceptors (Lipinski definition) is 5. The van der Waals surface area contributed by atoms with Crippen molar-refractivity contribution in [3.63, 3.8) is 0 Å². The molecule has 0 saturated carbocycles. The summed E-state index contributed by atoms with van der Waals surface area (Å²) in [5.41, 5.74) is 3.57. The Balaban J connectivity index is 1.43. The second-order valence-electron chi connectivity index (χ2n) is 7.73. The minimum Gasteiger partial charge on any atom is -0.379 e. The van der Waals surface area contributed by atoms with Crippen molar-refractivity contribution in [1.29, 1.82) is 0 Å². The maximum Gasteiger partial charge on any atom is 0.146 e. The molecule has 0 fully saturated rings. The van der Waals surface area contributed by atoms with E-state index in [9.17, 15) is 8.78 Å². The predicted molar refractivity (Wildman–Crippen MR) is 117 cm³/mol. The highest BCUT2D eigenvalue weighted by Crippen LogP contribution is 2.41. The Kier molecular flexibility index (Phi) is 5.53. The smallest absolute Gasteiger partial charge is 0.146 e. The summed E-state index contributed by atoms with van der Waals surface area (Å²) in [7, 11) is 0. The zero-order valence-corrected chi connectivity index (χ0v) is 17.3. The van der Waals surface area contributed by atoms with Gasteiger partial charge >= 0.3 is 0 Å². The minimum absolute atomic E-state index is 0.167. The summed E-state index contributed by atoms with van der Waals surface area (Å²) in [6, 6.07) is 11.5. The number of aryl methyl sites for hydroxylation is 2. The van der Waals surface area contributed by atoms with E-state index in [1.54, 1.807) is 12.1 Å². The van der Waals surface area contributed by atoms with Crippen LogP contribution in [-0.2, 0) is 0 Å². The molecular formula is C23H25F2N5. The molecule has 5 nitrogen and oxygen atoms in total. The van der Waals surface area contributed by atoms with Crippen LogP contribution in [0.25, 0.3) is 0 Å². The van der Waals surface area contributed by atoms with Gasteiger partial charge in [-0.15, -0.1) is 0 Å². The molecule has 1 aliphatic rings. The van der Waals surface area contributed by atoms with Gasteiger partial charge in [-0.1, -0.05) is 6.07 Å². The Morgan fingerprint density at radius 2 is 1.73 bits per heavy atom. The lowest BCUT2D eigenvalue weighted by Gasteiger charge is -2.18.